The van der Waals surface area contributed by atoms with E-state index in [9.17, 15) is 5.11 Å². The Morgan fingerprint density at radius 3 is 2.88 bits per heavy atom. The van der Waals surface area contributed by atoms with Gasteiger partial charge in [0.05, 0.1) is 17.3 Å². The zero-order valence-corrected chi connectivity index (χ0v) is 9.85. The molecule has 2 rings (SSSR count). The fourth-order valence-electron chi connectivity index (χ4n) is 2.02. The van der Waals surface area contributed by atoms with Gasteiger partial charge < -0.3 is 5.11 Å². The molecule has 1 aromatic carbocycles. The maximum atomic E-state index is 10.1. The number of unbranched alkanes of at least 4 members (excludes halogenated alkanes) is 1. The van der Waals surface area contributed by atoms with Gasteiger partial charge in [-0.05, 0) is 12.5 Å². The largest absolute Gasteiger partial charge is 0.387 e. The zero-order valence-electron chi connectivity index (χ0n) is 9.85. The van der Waals surface area contributed by atoms with E-state index in [1.165, 1.54) is 0 Å². The van der Waals surface area contributed by atoms with Gasteiger partial charge in [-0.3, -0.25) is 4.68 Å². The molecule has 0 saturated carbocycles. The molecule has 0 aliphatic rings. The van der Waals surface area contributed by atoms with Crippen LogP contribution in [0.4, 0.5) is 0 Å². The lowest BCUT2D eigenvalue weighted by atomic mass is 10.1. The average Bonchev–Trinajstić information content (AvgIpc) is 2.65. The van der Waals surface area contributed by atoms with Crippen LogP contribution in [0.15, 0.2) is 24.3 Å². The van der Waals surface area contributed by atoms with Gasteiger partial charge in [0, 0.05) is 12.4 Å². The first-order chi connectivity index (χ1) is 7.74. The second kappa shape index (κ2) is 4.66. The summed E-state index contributed by atoms with van der Waals surface area (Å²) in [7, 11) is 1.92. The quantitative estimate of drug-likeness (QED) is 0.857. The molecule has 1 N–H and O–H groups in total. The third kappa shape index (κ3) is 1.95. The summed E-state index contributed by atoms with van der Waals surface area (Å²) in [6.45, 7) is 2.13. The SMILES string of the molecule is CCCCC(O)c1nn(C)c2ccccc12. The first-order valence-electron chi connectivity index (χ1n) is 5.83. The van der Waals surface area contributed by atoms with Crippen LogP contribution < -0.4 is 0 Å². The number of rotatable bonds is 4. The molecule has 2 aromatic rings. The van der Waals surface area contributed by atoms with Crippen molar-refractivity contribution in [2.24, 2.45) is 7.05 Å². The van der Waals surface area contributed by atoms with Crippen LogP contribution in [0.5, 0.6) is 0 Å². The fraction of sp³-hybridized carbons (Fsp3) is 0.462. The Hall–Kier alpha value is -1.35. The Morgan fingerprint density at radius 2 is 2.12 bits per heavy atom. The summed E-state index contributed by atoms with van der Waals surface area (Å²) < 4.78 is 1.83. The van der Waals surface area contributed by atoms with Crippen LogP contribution in [-0.2, 0) is 7.05 Å². The van der Waals surface area contributed by atoms with Crippen LogP contribution in [0.3, 0.4) is 0 Å². The highest BCUT2D eigenvalue weighted by atomic mass is 16.3. The predicted octanol–water partition coefficient (Wildman–Crippen LogP) is 2.80. The Morgan fingerprint density at radius 1 is 1.38 bits per heavy atom. The fourth-order valence-corrected chi connectivity index (χ4v) is 2.02. The maximum Gasteiger partial charge on any atom is 0.0988 e. The van der Waals surface area contributed by atoms with Gasteiger partial charge in [0.25, 0.3) is 0 Å². The first-order valence-corrected chi connectivity index (χ1v) is 5.83. The topological polar surface area (TPSA) is 38.1 Å². The summed E-state index contributed by atoms with van der Waals surface area (Å²) in [5, 5.41) is 15.6. The van der Waals surface area contributed by atoms with Gasteiger partial charge in [-0.2, -0.15) is 5.10 Å². The molecule has 86 valence electrons. The number of fused-ring (bicyclic) bond motifs is 1. The smallest absolute Gasteiger partial charge is 0.0988 e. The van der Waals surface area contributed by atoms with Crippen molar-refractivity contribution >= 4 is 10.9 Å². The van der Waals surface area contributed by atoms with Crippen molar-refractivity contribution in [1.29, 1.82) is 0 Å². The molecule has 1 aromatic heterocycles. The van der Waals surface area contributed by atoms with Crippen LogP contribution in [0, 0.1) is 0 Å². The van der Waals surface area contributed by atoms with Gasteiger partial charge in [-0.15, -0.1) is 0 Å². The zero-order chi connectivity index (χ0) is 11.5. The molecule has 0 fully saturated rings. The second-order valence-electron chi connectivity index (χ2n) is 4.18. The van der Waals surface area contributed by atoms with Crippen molar-refractivity contribution in [1.82, 2.24) is 9.78 Å². The Kier molecular flexibility index (Phi) is 3.25. The predicted molar refractivity (Wildman–Crippen MR) is 65.2 cm³/mol. The molecule has 0 radical (unpaired) electrons. The van der Waals surface area contributed by atoms with Crippen LogP contribution in [0.2, 0.25) is 0 Å². The number of aliphatic hydroxyl groups excluding tert-OH is 1. The van der Waals surface area contributed by atoms with Crippen molar-refractivity contribution in [2.75, 3.05) is 0 Å². The molecule has 3 heteroatoms. The van der Waals surface area contributed by atoms with E-state index < -0.39 is 6.10 Å². The monoisotopic (exact) mass is 218 g/mol. The molecule has 16 heavy (non-hydrogen) atoms. The number of benzene rings is 1. The van der Waals surface area contributed by atoms with Crippen LogP contribution >= 0.6 is 0 Å². The van der Waals surface area contributed by atoms with E-state index in [0.29, 0.717) is 0 Å². The van der Waals surface area contributed by atoms with Crippen molar-refractivity contribution in [2.45, 2.75) is 32.3 Å². The van der Waals surface area contributed by atoms with Crippen molar-refractivity contribution < 1.29 is 5.11 Å². The van der Waals surface area contributed by atoms with Gasteiger partial charge in [-0.25, -0.2) is 0 Å². The first kappa shape index (κ1) is 11.1. The number of para-hydroxylation sites is 1. The summed E-state index contributed by atoms with van der Waals surface area (Å²) >= 11 is 0. The van der Waals surface area contributed by atoms with E-state index in [4.69, 9.17) is 0 Å². The molecular formula is C13H18N2O. The highest BCUT2D eigenvalue weighted by Gasteiger charge is 2.15. The van der Waals surface area contributed by atoms with Crippen LogP contribution in [0.1, 0.15) is 38.0 Å². The third-order valence-electron chi connectivity index (χ3n) is 2.93. The molecule has 1 atom stereocenters. The van der Waals surface area contributed by atoms with Crippen LogP contribution in [-0.4, -0.2) is 14.9 Å². The standard InChI is InChI=1S/C13H18N2O/c1-3-4-9-12(16)13-10-7-5-6-8-11(10)15(2)14-13/h5-8,12,16H,3-4,9H2,1-2H3. The summed E-state index contributed by atoms with van der Waals surface area (Å²) in [4.78, 5) is 0. The minimum absolute atomic E-state index is 0.439. The number of aryl methyl sites for hydroxylation is 1. The summed E-state index contributed by atoms with van der Waals surface area (Å²) in [5.41, 5.74) is 1.89. The highest BCUT2D eigenvalue weighted by Crippen LogP contribution is 2.26. The Labute approximate surface area is 95.7 Å². The molecule has 0 spiro atoms. The van der Waals surface area contributed by atoms with E-state index >= 15 is 0 Å². The van der Waals surface area contributed by atoms with Gasteiger partial charge >= 0.3 is 0 Å². The minimum Gasteiger partial charge on any atom is -0.387 e. The van der Waals surface area contributed by atoms with Gasteiger partial charge in [0.1, 0.15) is 0 Å². The van der Waals surface area contributed by atoms with E-state index in [0.717, 1.165) is 35.9 Å². The lowest BCUT2D eigenvalue weighted by Gasteiger charge is -2.06. The summed E-state index contributed by atoms with van der Waals surface area (Å²) in [6, 6.07) is 8.03. The molecular weight excluding hydrogens is 200 g/mol. The number of nitrogens with zero attached hydrogens (tertiary/aromatic N) is 2. The summed E-state index contributed by atoms with van der Waals surface area (Å²) in [5.74, 6) is 0. The lowest BCUT2D eigenvalue weighted by Crippen LogP contribution is -2.00. The number of hydrogen-bond donors (Lipinski definition) is 1. The molecule has 0 saturated heterocycles. The van der Waals surface area contributed by atoms with Crippen molar-refractivity contribution in [3.8, 4) is 0 Å². The van der Waals surface area contributed by atoms with E-state index in [2.05, 4.69) is 12.0 Å². The van der Waals surface area contributed by atoms with Gasteiger partial charge in [0.2, 0.25) is 0 Å². The molecule has 3 nitrogen and oxygen atoms in total. The van der Waals surface area contributed by atoms with Gasteiger partial charge in [-0.1, -0.05) is 38.0 Å². The molecule has 0 bridgehead atoms. The van der Waals surface area contributed by atoms with Crippen molar-refractivity contribution in [3.05, 3.63) is 30.0 Å². The van der Waals surface area contributed by atoms with Crippen LogP contribution in [0.25, 0.3) is 10.9 Å². The van der Waals surface area contributed by atoms with E-state index in [1.54, 1.807) is 0 Å². The van der Waals surface area contributed by atoms with Gasteiger partial charge in [0.15, 0.2) is 0 Å². The minimum atomic E-state index is -0.439. The normalized spacial score (nSPS) is 13.2. The molecule has 0 aliphatic carbocycles. The number of aliphatic hydroxyl groups is 1. The Bertz CT molecular complexity index is 476. The summed E-state index contributed by atoms with van der Waals surface area (Å²) in [6.07, 6.45) is 2.48. The van der Waals surface area contributed by atoms with E-state index in [1.807, 2.05) is 36.0 Å². The molecule has 1 unspecified atom stereocenters. The number of aromatic nitrogens is 2. The van der Waals surface area contributed by atoms with Crippen molar-refractivity contribution in [3.63, 3.8) is 0 Å². The molecule has 0 aliphatic heterocycles. The second-order valence-corrected chi connectivity index (χ2v) is 4.18. The maximum absolute atomic E-state index is 10.1. The highest BCUT2D eigenvalue weighted by molar-refractivity contribution is 5.82. The third-order valence-corrected chi connectivity index (χ3v) is 2.93. The molecule has 1 heterocycles. The average molecular weight is 218 g/mol. The lowest BCUT2D eigenvalue weighted by molar-refractivity contribution is 0.160. The Balaban J connectivity index is 2.37. The van der Waals surface area contributed by atoms with E-state index in [-0.39, 0.29) is 0 Å². The molecule has 0 amide bonds. The number of hydrogen-bond acceptors (Lipinski definition) is 2.